The lowest BCUT2D eigenvalue weighted by atomic mass is 9.84. The van der Waals surface area contributed by atoms with Crippen molar-refractivity contribution in [3.63, 3.8) is 0 Å². The van der Waals surface area contributed by atoms with Gasteiger partial charge in [-0.1, -0.05) is 6.08 Å². The SMILES string of the molecule is C=CC1CN2C([C@H](O)c3ccnc4ccc(O)cc34)CC3C[C@]132. The molecule has 3 aliphatic rings. The van der Waals surface area contributed by atoms with Crippen molar-refractivity contribution >= 4 is 10.9 Å². The smallest absolute Gasteiger partial charge is 0.116 e. The van der Waals surface area contributed by atoms with E-state index in [9.17, 15) is 10.2 Å². The van der Waals surface area contributed by atoms with Crippen LogP contribution in [0.5, 0.6) is 5.75 Å². The maximum absolute atomic E-state index is 11.0. The van der Waals surface area contributed by atoms with Gasteiger partial charge >= 0.3 is 0 Å². The van der Waals surface area contributed by atoms with E-state index < -0.39 is 6.10 Å². The summed E-state index contributed by atoms with van der Waals surface area (Å²) in [5.41, 5.74) is 1.98. The second-order valence-electron chi connectivity index (χ2n) is 7.24. The Morgan fingerprint density at radius 2 is 2.26 bits per heavy atom. The topological polar surface area (TPSA) is 56.6 Å². The first-order valence-electron chi connectivity index (χ1n) is 8.30. The number of aliphatic hydroxyl groups excluding tert-OH is 1. The average molecular weight is 308 g/mol. The molecule has 2 N–H and O–H groups in total. The van der Waals surface area contributed by atoms with Crippen LogP contribution in [0.25, 0.3) is 10.9 Å². The first-order chi connectivity index (χ1) is 11.1. The Morgan fingerprint density at radius 3 is 3.09 bits per heavy atom. The number of aliphatic hydroxyl groups is 1. The van der Waals surface area contributed by atoms with Gasteiger partial charge in [-0.25, -0.2) is 0 Å². The number of hydrogen-bond acceptors (Lipinski definition) is 4. The highest BCUT2D eigenvalue weighted by atomic mass is 16.3. The van der Waals surface area contributed by atoms with Gasteiger partial charge in [-0.05, 0) is 48.6 Å². The lowest BCUT2D eigenvalue weighted by molar-refractivity contribution is -0.0414. The van der Waals surface area contributed by atoms with Crippen LogP contribution in [0.2, 0.25) is 0 Å². The molecule has 3 fully saturated rings. The third-order valence-corrected chi connectivity index (χ3v) is 6.34. The molecule has 4 heteroatoms. The molecule has 1 aromatic carbocycles. The predicted molar refractivity (Wildman–Crippen MR) is 88.0 cm³/mol. The lowest BCUT2D eigenvalue weighted by Gasteiger charge is -2.50. The van der Waals surface area contributed by atoms with Crippen molar-refractivity contribution in [1.82, 2.24) is 9.88 Å². The Kier molecular flexibility index (Phi) is 2.55. The molecule has 2 aliphatic heterocycles. The van der Waals surface area contributed by atoms with Crippen molar-refractivity contribution in [2.45, 2.75) is 30.5 Å². The highest BCUT2D eigenvalue weighted by Gasteiger charge is 2.74. The predicted octanol–water partition coefficient (Wildman–Crippen LogP) is 2.62. The third-order valence-electron chi connectivity index (χ3n) is 6.34. The number of aromatic nitrogens is 1. The number of hydrogen-bond donors (Lipinski definition) is 2. The molecule has 1 saturated carbocycles. The van der Waals surface area contributed by atoms with E-state index in [1.54, 1.807) is 24.4 Å². The highest BCUT2D eigenvalue weighted by Crippen LogP contribution is 2.69. The minimum Gasteiger partial charge on any atom is -0.508 e. The van der Waals surface area contributed by atoms with Crippen molar-refractivity contribution in [2.24, 2.45) is 11.8 Å². The maximum Gasteiger partial charge on any atom is 0.116 e. The van der Waals surface area contributed by atoms with Gasteiger partial charge in [0.15, 0.2) is 0 Å². The van der Waals surface area contributed by atoms with E-state index in [4.69, 9.17) is 0 Å². The molecule has 1 spiro atoms. The van der Waals surface area contributed by atoms with E-state index in [2.05, 4.69) is 22.5 Å². The van der Waals surface area contributed by atoms with Gasteiger partial charge in [0.25, 0.3) is 0 Å². The van der Waals surface area contributed by atoms with Gasteiger partial charge in [-0.2, -0.15) is 0 Å². The summed E-state index contributed by atoms with van der Waals surface area (Å²) in [6.07, 6.45) is 5.59. The van der Waals surface area contributed by atoms with Gasteiger partial charge in [0.2, 0.25) is 0 Å². The molecule has 2 aromatic rings. The van der Waals surface area contributed by atoms with E-state index >= 15 is 0 Å². The van der Waals surface area contributed by atoms with Crippen LogP contribution < -0.4 is 0 Å². The van der Waals surface area contributed by atoms with Gasteiger partial charge in [-0.3, -0.25) is 9.88 Å². The second-order valence-corrected chi connectivity index (χ2v) is 7.24. The Labute approximate surface area is 135 Å². The molecular weight excluding hydrogens is 288 g/mol. The Hall–Kier alpha value is -1.91. The molecule has 5 rings (SSSR count). The van der Waals surface area contributed by atoms with Crippen molar-refractivity contribution in [3.8, 4) is 5.75 Å². The van der Waals surface area contributed by atoms with Crippen LogP contribution in [-0.4, -0.2) is 38.2 Å². The number of aromatic hydroxyl groups is 1. The van der Waals surface area contributed by atoms with E-state index in [-0.39, 0.29) is 11.8 Å². The van der Waals surface area contributed by atoms with E-state index in [1.165, 1.54) is 6.42 Å². The number of rotatable bonds is 3. The summed E-state index contributed by atoms with van der Waals surface area (Å²) in [4.78, 5) is 6.83. The van der Waals surface area contributed by atoms with Crippen molar-refractivity contribution in [1.29, 1.82) is 0 Å². The zero-order valence-electron chi connectivity index (χ0n) is 12.9. The van der Waals surface area contributed by atoms with E-state index in [0.717, 1.165) is 29.4 Å². The van der Waals surface area contributed by atoms with Gasteiger partial charge in [0.1, 0.15) is 5.75 Å². The quantitative estimate of drug-likeness (QED) is 0.856. The van der Waals surface area contributed by atoms with Crippen LogP contribution in [-0.2, 0) is 0 Å². The monoisotopic (exact) mass is 308 g/mol. The molecule has 2 saturated heterocycles. The third kappa shape index (κ3) is 1.60. The second kappa shape index (κ2) is 4.34. The summed E-state index contributed by atoms with van der Waals surface area (Å²) in [7, 11) is 0. The van der Waals surface area contributed by atoms with Gasteiger partial charge < -0.3 is 10.2 Å². The van der Waals surface area contributed by atoms with Crippen molar-refractivity contribution in [2.75, 3.05) is 6.54 Å². The van der Waals surface area contributed by atoms with Crippen LogP contribution >= 0.6 is 0 Å². The molecule has 4 nitrogen and oxygen atoms in total. The van der Waals surface area contributed by atoms with Gasteiger partial charge in [0.05, 0.1) is 11.6 Å². The van der Waals surface area contributed by atoms with E-state index in [0.29, 0.717) is 17.4 Å². The number of phenolic OH excluding ortho intramolecular Hbond substituents is 1. The number of piperidine rings is 1. The molecule has 0 bridgehead atoms. The average Bonchev–Trinajstić information content (AvgIpc) is 3.24. The van der Waals surface area contributed by atoms with Crippen molar-refractivity contribution < 1.29 is 10.2 Å². The fourth-order valence-corrected chi connectivity index (χ4v) is 5.13. The molecule has 118 valence electrons. The summed E-state index contributed by atoms with van der Waals surface area (Å²) >= 11 is 0. The zero-order valence-corrected chi connectivity index (χ0v) is 12.9. The molecule has 5 atom stereocenters. The first-order valence-corrected chi connectivity index (χ1v) is 8.30. The molecule has 3 unspecified atom stereocenters. The fraction of sp³-hybridized carbons (Fsp3) is 0.421. The Balaban J connectivity index is 1.52. The van der Waals surface area contributed by atoms with Crippen LogP contribution in [0.1, 0.15) is 24.5 Å². The van der Waals surface area contributed by atoms with Crippen LogP contribution in [0, 0.1) is 11.8 Å². The Morgan fingerprint density at radius 1 is 1.39 bits per heavy atom. The standard InChI is InChI=1S/C19H20N2O2/c1-2-11-10-21-17(7-12-9-19(11,12)21)18(23)14-5-6-20-16-4-3-13(22)8-15(14)16/h2-6,8,11-12,17-18,22-23H,1,7,9-10H2/t11?,12?,17?,18-,19+/m1/s1. The summed E-state index contributed by atoms with van der Waals surface area (Å²) in [5.74, 6) is 1.50. The number of nitrogens with zero attached hydrogens (tertiary/aromatic N) is 2. The summed E-state index contributed by atoms with van der Waals surface area (Å²) in [6, 6.07) is 7.18. The molecule has 1 aromatic heterocycles. The van der Waals surface area contributed by atoms with Crippen LogP contribution in [0.15, 0.2) is 43.1 Å². The molecule has 0 amide bonds. The molecule has 3 heterocycles. The number of benzene rings is 1. The number of fused-ring (bicyclic) bond motifs is 1. The summed E-state index contributed by atoms with van der Waals surface area (Å²) < 4.78 is 0. The minimum absolute atomic E-state index is 0.165. The molecule has 1 aliphatic carbocycles. The largest absolute Gasteiger partial charge is 0.508 e. The Bertz CT molecular complexity index is 820. The number of phenols is 1. The summed E-state index contributed by atoms with van der Waals surface area (Å²) in [5, 5.41) is 21.7. The van der Waals surface area contributed by atoms with Gasteiger partial charge in [-0.15, -0.1) is 6.58 Å². The molecular formula is C19H20N2O2. The van der Waals surface area contributed by atoms with Gasteiger partial charge in [0, 0.05) is 35.6 Å². The summed E-state index contributed by atoms with van der Waals surface area (Å²) in [6.45, 7) is 4.98. The van der Waals surface area contributed by atoms with E-state index in [1.807, 2.05) is 6.07 Å². The molecule has 0 radical (unpaired) electrons. The minimum atomic E-state index is -0.544. The first kappa shape index (κ1) is 13.5. The zero-order chi connectivity index (χ0) is 15.8. The molecule has 23 heavy (non-hydrogen) atoms. The maximum atomic E-state index is 11.0. The fourth-order valence-electron chi connectivity index (χ4n) is 5.13. The van der Waals surface area contributed by atoms with Crippen LogP contribution in [0.3, 0.4) is 0 Å². The van der Waals surface area contributed by atoms with Crippen molar-refractivity contribution in [3.05, 3.63) is 48.7 Å². The normalized spacial score (nSPS) is 36.1. The highest BCUT2D eigenvalue weighted by molar-refractivity contribution is 5.83. The number of pyridine rings is 1. The van der Waals surface area contributed by atoms with Crippen LogP contribution in [0.4, 0.5) is 0 Å². The lowest BCUT2D eigenvalue weighted by Crippen LogP contribution is -2.60.